The number of carbonyl (C=O) groups is 3. The summed E-state index contributed by atoms with van der Waals surface area (Å²) >= 11 is 6.54. The number of rotatable bonds is 12. The van der Waals surface area contributed by atoms with Gasteiger partial charge in [-0.25, -0.2) is 4.98 Å². The quantitative estimate of drug-likeness (QED) is 0.302. The van der Waals surface area contributed by atoms with Crippen LogP contribution in [0, 0.1) is 11.3 Å². The number of anilines is 1. The number of aromatic nitrogens is 1. The minimum absolute atomic E-state index is 0.00578. The van der Waals surface area contributed by atoms with Gasteiger partial charge in [0.15, 0.2) is 0 Å². The van der Waals surface area contributed by atoms with Crippen molar-refractivity contribution in [1.82, 2.24) is 9.88 Å². The van der Waals surface area contributed by atoms with Gasteiger partial charge in [0.1, 0.15) is 11.9 Å². The van der Waals surface area contributed by atoms with E-state index < -0.39 is 6.10 Å². The molecule has 11 heteroatoms. The van der Waals surface area contributed by atoms with Crippen LogP contribution in [-0.4, -0.2) is 72.2 Å². The van der Waals surface area contributed by atoms with Crippen LogP contribution in [0.25, 0.3) is 0 Å². The van der Waals surface area contributed by atoms with E-state index in [2.05, 4.69) is 4.98 Å². The lowest BCUT2D eigenvalue weighted by Crippen LogP contribution is -2.42. The number of benzene rings is 1. The van der Waals surface area contributed by atoms with Crippen LogP contribution < -0.4 is 14.4 Å². The highest BCUT2D eigenvalue weighted by molar-refractivity contribution is 6.31. The SMILES string of the molecule is CCOC(=O)C1CCN(C(=O)CCC(=O)N(CC(C)(C)C)c2c(OC(C)C)cc(Cl)cc2[C@H](O)c2cccnc2OC)CC1. The number of likely N-dealkylation sites (tertiary alicyclic amines) is 1. The van der Waals surface area contributed by atoms with E-state index in [-0.39, 0.29) is 60.5 Å². The number of hydrogen-bond acceptors (Lipinski definition) is 8. The van der Waals surface area contributed by atoms with Crippen molar-refractivity contribution in [2.75, 3.05) is 38.3 Å². The third-order valence-corrected chi connectivity index (χ3v) is 7.46. The topological polar surface area (TPSA) is 119 Å². The number of methoxy groups -OCH3 is 1. The summed E-state index contributed by atoms with van der Waals surface area (Å²) in [7, 11) is 1.47. The fourth-order valence-electron chi connectivity index (χ4n) is 5.28. The van der Waals surface area contributed by atoms with E-state index >= 15 is 0 Å². The lowest BCUT2D eigenvalue weighted by molar-refractivity contribution is -0.151. The molecule has 1 atom stereocenters. The van der Waals surface area contributed by atoms with Crippen molar-refractivity contribution in [2.45, 2.75) is 79.4 Å². The first-order valence-electron chi connectivity index (χ1n) is 15.2. The van der Waals surface area contributed by atoms with Gasteiger partial charge in [0.2, 0.25) is 17.7 Å². The average Bonchev–Trinajstić information content (AvgIpc) is 2.97. The molecule has 3 rings (SSSR count). The van der Waals surface area contributed by atoms with Crippen LogP contribution >= 0.6 is 11.6 Å². The first-order chi connectivity index (χ1) is 20.7. The summed E-state index contributed by atoms with van der Waals surface area (Å²) in [6.45, 7) is 13.0. The normalized spacial score (nSPS) is 14.7. The van der Waals surface area contributed by atoms with Crippen molar-refractivity contribution in [3.05, 3.63) is 46.6 Å². The van der Waals surface area contributed by atoms with Gasteiger partial charge in [-0.15, -0.1) is 0 Å². The molecule has 1 aliphatic heterocycles. The second-order valence-corrected chi connectivity index (χ2v) is 12.9. The largest absolute Gasteiger partial charge is 0.489 e. The number of piperidine rings is 1. The Morgan fingerprint density at radius 3 is 2.41 bits per heavy atom. The molecule has 0 aliphatic carbocycles. The smallest absolute Gasteiger partial charge is 0.309 e. The lowest BCUT2D eigenvalue weighted by Gasteiger charge is -2.35. The number of amides is 2. The Balaban J connectivity index is 1.95. The number of pyridine rings is 1. The van der Waals surface area contributed by atoms with Crippen molar-refractivity contribution in [3.63, 3.8) is 0 Å². The summed E-state index contributed by atoms with van der Waals surface area (Å²) in [5, 5.41) is 12.0. The van der Waals surface area contributed by atoms with Crippen LogP contribution in [0.4, 0.5) is 5.69 Å². The second-order valence-electron chi connectivity index (χ2n) is 12.5. The average molecular weight is 632 g/mol. The highest BCUT2D eigenvalue weighted by atomic mass is 35.5. The lowest BCUT2D eigenvalue weighted by atomic mass is 9.93. The molecular formula is C33H46ClN3O7. The summed E-state index contributed by atoms with van der Waals surface area (Å²) in [6.07, 6.45) is 1.08. The molecule has 2 heterocycles. The molecule has 0 spiro atoms. The van der Waals surface area contributed by atoms with Crippen LogP contribution in [-0.2, 0) is 19.1 Å². The standard InChI is InChI=1S/C33H46ClN3O7/c1-8-43-32(41)22-13-16-36(17-14-22)27(38)11-12-28(39)37(20-33(4,5)6)29-25(18-23(34)19-26(29)44-21(2)3)30(40)24-10-9-15-35-31(24)42-7/h9-10,15,18-19,21-22,30,40H,8,11-14,16-17,20H2,1-7H3/t30-/m1/s1. The molecule has 0 saturated carbocycles. The summed E-state index contributed by atoms with van der Waals surface area (Å²) in [5.74, 6) is -0.297. The van der Waals surface area contributed by atoms with E-state index in [0.29, 0.717) is 60.1 Å². The molecular weight excluding hydrogens is 586 g/mol. The number of aliphatic hydroxyl groups excluding tert-OH is 1. The number of halogens is 1. The van der Waals surface area contributed by atoms with Gasteiger partial charge < -0.3 is 29.1 Å². The monoisotopic (exact) mass is 631 g/mol. The summed E-state index contributed by atoms with van der Waals surface area (Å²) in [4.78, 5) is 46.9. The fourth-order valence-corrected chi connectivity index (χ4v) is 5.50. The number of nitrogens with zero attached hydrogens (tertiary/aromatic N) is 3. The first-order valence-corrected chi connectivity index (χ1v) is 15.5. The highest BCUT2D eigenvalue weighted by Gasteiger charge is 2.33. The molecule has 1 aromatic heterocycles. The zero-order chi connectivity index (χ0) is 32.6. The third-order valence-electron chi connectivity index (χ3n) is 7.24. The second kappa shape index (κ2) is 15.6. The molecule has 0 bridgehead atoms. The van der Waals surface area contributed by atoms with Gasteiger partial charge in [0, 0.05) is 60.9 Å². The maximum absolute atomic E-state index is 14.1. The highest BCUT2D eigenvalue weighted by Crippen LogP contribution is 2.43. The molecule has 1 N–H and O–H groups in total. The predicted molar refractivity (Wildman–Crippen MR) is 169 cm³/mol. The minimum atomic E-state index is -1.25. The first kappa shape index (κ1) is 35.1. The van der Waals surface area contributed by atoms with E-state index in [1.807, 2.05) is 34.6 Å². The molecule has 242 valence electrons. The van der Waals surface area contributed by atoms with Gasteiger partial charge in [-0.1, -0.05) is 32.4 Å². The van der Waals surface area contributed by atoms with Crippen molar-refractivity contribution >= 4 is 35.1 Å². The van der Waals surface area contributed by atoms with Crippen molar-refractivity contribution in [1.29, 1.82) is 0 Å². The molecule has 0 radical (unpaired) electrons. The molecule has 1 aromatic carbocycles. The molecule has 1 fully saturated rings. The summed E-state index contributed by atoms with van der Waals surface area (Å²) in [6, 6.07) is 6.64. The number of aliphatic hydroxyl groups is 1. The van der Waals surface area contributed by atoms with Crippen LogP contribution in [0.3, 0.4) is 0 Å². The Kier molecular flexibility index (Phi) is 12.4. The Bertz CT molecular complexity index is 1300. The predicted octanol–water partition coefficient (Wildman–Crippen LogP) is 5.57. The molecule has 2 aromatic rings. The molecule has 2 amide bonds. The van der Waals surface area contributed by atoms with Gasteiger partial charge in [-0.05, 0) is 57.2 Å². The Morgan fingerprint density at radius 1 is 1.14 bits per heavy atom. The molecule has 1 aliphatic rings. The molecule has 44 heavy (non-hydrogen) atoms. The van der Waals surface area contributed by atoms with Crippen molar-refractivity contribution in [3.8, 4) is 11.6 Å². The van der Waals surface area contributed by atoms with E-state index in [9.17, 15) is 19.5 Å². The van der Waals surface area contributed by atoms with Crippen molar-refractivity contribution < 1.29 is 33.7 Å². The third kappa shape index (κ3) is 9.32. The molecule has 0 unspecified atom stereocenters. The van der Waals surface area contributed by atoms with Crippen LogP contribution in [0.2, 0.25) is 5.02 Å². The Hall–Kier alpha value is -3.37. The molecule has 1 saturated heterocycles. The maximum atomic E-state index is 14.1. The number of hydrogen-bond donors (Lipinski definition) is 1. The van der Waals surface area contributed by atoms with Crippen LogP contribution in [0.1, 0.15) is 84.5 Å². The summed E-state index contributed by atoms with van der Waals surface area (Å²) < 4.78 is 16.7. The number of ether oxygens (including phenoxy) is 3. The minimum Gasteiger partial charge on any atom is -0.489 e. The molecule has 10 nitrogen and oxygen atoms in total. The van der Waals surface area contributed by atoms with E-state index in [0.717, 1.165) is 0 Å². The van der Waals surface area contributed by atoms with Gasteiger partial charge in [0.25, 0.3) is 0 Å². The van der Waals surface area contributed by atoms with Gasteiger partial charge in [-0.2, -0.15) is 0 Å². The number of carbonyl (C=O) groups excluding carboxylic acids is 3. The fraction of sp³-hybridized carbons (Fsp3) is 0.576. The zero-order valence-electron chi connectivity index (χ0n) is 26.9. The summed E-state index contributed by atoms with van der Waals surface area (Å²) in [5.41, 5.74) is 0.782. The van der Waals surface area contributed by atoms with E-state index in [4.69, 9.17) is 25.8 Å². The zero-order valence-corrected chi connectivity index (χ0v) is 27.6. The number of esters is 1. The van der Waals surface area contributed by atoms with Crippen molar-refractivity contribution in [2.24, 2.45) is 11.3 Å². The van der Waals surface area contributed by atoms with Crippen LogP contribution in [0.15, 0.2) is 30.5 Å². The van der Waals surface area contributed by atoms with E-state index in [1.165, 1.54) is 7.11 Å². The van der Waals surface area contributed by atoms with E-state index in [1.54, 1.807) is 47.2 Å². The Morgan fingerprint density at radius 2 is 1.82 bits per heavy atom. The maximum Gasteiger partial charge on any atom is 0.309 e. The van der Waals surface area contributed by atoms with Gasteiger partial charge >= 0.3 is 5.97 Å². The van der Waals surface area contributed by atoms with Gasteiger partial charge in [0.05, 0.1) is 31.4 Å². The Labute approximate surface area is 265 Å². The van der Waals surface area contributed by atoms with Gasteiger partial charge in [-0.3, -0.25) is 14.4 Å². The van der Waals surface area contributed by atoms with Crippen LogP contribution in [0.5, 0.6) is 11.6 Å².